The van der Waals surface area contributed by atoms with E-state index < -0.39 is 97.5 Å². The Bertz CT molecular complexity index is 2010. The maximum Gasteiger partial charge on any atom is 0.472 e. The zero-order valence-electron chi connectivity index (χ0n) is 69.0. The van der Waals surface area contributed by atoms with Crippen LogP contribution in [0.4, 0.5) is 0 Å². The summed E-state index contributed by atoms with van der Waals surface area (Å²) in [4.78, 5) is 73.1. The number of rotatable bonds is 85. The Morgan fingerprint density at radius 1 is 0.257 bits per heavy atom. The molecule has 0 radical (unpaired) electrons. The third-order valence-electron chi connectivity index (χ3n) is 20.2. The predicted molar refractivity (Wildman–Crippen MR) is 432 cm³/mol. The van der Waals surface area contributed by atoms with Gasteiger partial charge in [0.05, 0.1) is 26.4 Å². The van der Waals surface area contributed by atoms with Crippen LogP contribution in [0.1, 0.15) is 459 Å². The molecule has 0 rings (SSSR count). The number of hydrogen-bond donors (Lipinski definition) is 3. The molecule has 0 amide bonds. The highest BCUT2D eigenvalue weighted by atomic mass is 31.2. The third kappa shape index (κ3) is 79.9. The summed E-state index contributed by atoms with van der Waals surface area (Å²) in [6, 6.07) is 0. The van der Waals surface area contributed by atoms with Crippen LogP contribution in [0.5, 0.6) is 0 Å². The van der Waals surface area contributed by atoms with Gasteiger partial charge in [-0.3, -0.25) is 37.3 Å². The van der Waals surface area contributed by atoms with E-state index in [9.17, 15) is 43.2 Å². The fourth-order valence-corrected chi connectivity index (χ4v) is 15.0. The first-order chi connectivity index (χ1) is 50.9. The predicted octanol–water partition coefficient (Wildman–Crippen LogP) is 26.2. The molecule has 0 aliphatic heterocycles. The molecule has 624 valence electrons. The average Bonchev–Trinajstić information content (AvgIpc) is 0.907. The van der Waals surface area contributed by atoms with Crippen LogP contribution in [0.2, 0.25) is 0 Å². The van der Waals surface area contributed by atoms with Gasteiger partial charge in [-0.05, 0) is 37.5 Å². The van der Waals surface area contributed by atoms with Gasteiger partial charge in [0.15, 0.2) is 12.2 Å². The monoisotopic (exact) mass is 1540 g/mol. The van der Waals surface area contributed by atoms with Gasteiger partial charge < -0.3 is 33.8 Å². The average molecular weight is 1540 g/mol. The molecular formula is C86H168O17P2. The van der Waals surface area contributed by atoms with Gasteiger partial charge in [0, 0.05) is 25.7 Å². The fraction of sp³-hybridized carbons (Fsp3) is 0.953. The van der Waals surface area contributed by atoms with Crippen molar-refractivity contribution < 1.29 is 80.2 Å². The summed E-state index contributed by atoms with van der Waals surface area (Å²) in [7, 11) is -9.92. The van der Waals surface area contributed by atoms with Gasteiger partial charge in [-0.25, -0.2) is 9.13 Å². The maximum absolute atomic E-state index is 13.1. The number of aliphatic hydroxyl groups excluding tert-OH is 1. The van der Waals surface area contributed by atoms with Gasteiger partial charge in [0.2, 0.25) is 0 Å². The summed E-state index contributed by atoms with van der Waals surface area (Å²) >= 11 is 0. The van der Waals surface area contributed by atoms with Crippen LogP contribution in [0.25, 0.3) is 0 Å². The van der Waals surface area contributed by atoms with Crippen LogP contribution in [-0.4, -0.2) is 96.7 Å². The van der Waals surface area contributed by atoms with Crippen molar-refractivity contribution in [2.45, 2.75) is 477 Å². The van der Waals surface area contributed by atoms with Crippen LogP contribution < -0.4 is 0 Å². The molecule has 5 atom stereocenters. The van der Waals surface area contributed by atoms with Crippen molar-refractivity contribution in [3.8, 4) is 0 Å². The van der Waals surface area contributed by atoms with Crippen molar-refractivity contribution in [1.29, 1.82) is 0 Å². The number of phosphoric acid groups is 2. The van der Waals surface area contributed by atoms with Crippen LogP contribution >= 0.6 is 15.6 Å². The van der Waals surface area contributed by atoms with E-state index >= 15 is 0 Å². The summed E-state index contributed by atoms with van der Waals surface area (Å²) in [5.74, 6) is -0.484. The third-order valence-corrected chi connectivity index (χ3v) is 22.1. The van der Waals surface area contributed by atoms with Gasteiger partial charge in [0.1, 0.15) is 19.3 Å². The van der Waals surface area contributed by atoms with Crippen molar-refractivity contribution in [2.75, 3.05) is 39.6 Å². The lowest BCUT2D eigenvalue weighted by Crippen LogP contribution is -2.30. The molecule has 0 fully saturated rings. The van der Waals surface area contributed by atoms with Crippen molar-refractivity contribution in [3.63, 3.8) is 0 Å². The molecule has 0 heterocycles. The van der Waals surface area contributed by atoms with Gasteiger partial charge in [0.25, 0.3) is 0 Å². The van der Waals surface area contributed by atoms with Crippen molar-refractivity contribution in [3.05, 3.63) is 0 Å². The second kappa shape index (κ2) is 77.4. The Kier molecular flexibility index (Phi) is 76.0. The highest BCUT2D eigenvalue weighted by Crippen LogP contribution is 2.45. The first-order valence-electron chi connectivity index (χ1n) is 44.5. The first kappa shape index (κ1) is 103. The Balaban J connectivity index is 5.16. The lowest BCUT2D eigenvalue weighted by Gasteiger charge is -2.21. The molecule has 0 spiro atoms. The topological polar surface area (TPSA) is 237 Å². The number of carbonyl (C=O) groups is 4. The van der Waals surface area contributed by atoms with E-state index in [-0.39, 0.29) is 25.7 Å². The first-order valence-corrected chi connectivity index (χ1v) is 47.5. The molecule has 17 nitrogen and oxygen atoms in total. The second-order valence-corrected chi connectivity index (χ2v) is 34.8. The molecule has 105 heavy (non-hydrogen) atoms. The molecule has 0 saturated carbocycles. The summed E-state index contributed by atoms with van der Waals surface area (Å²) < 4.78 is 68.8. The second-order valence-electron chi connectivity index (χ2n) is 31.9. The minimum Gasteiger partial charge on any atom is -0.462 e. The van der Waals surface area contributed by atoms with Gasteiger partial charge in [-0.2, -0.15) is 0 Å². The molecule has 3 N–H and O–H groups in total. The smallest absolute Gasteiger partial charge is 0.462 e. The normalized spacial score (nSPS) is 13.8. The van der Waals surface area contributed by atoms with Crippen molar-refractivity contribution in [1.82, 2.24) is 0 Å². The van der Waals surface area contributed by atoms with E-state index in [1.54, 1.807) is 0 Å². The van der Waals surface area contributed by atoms with E-state index in [0.717, 1.165) is 115 Å². The lowest BCUT2D eigenvalue weighted by atomic mass is 10.0. The summed E-state index contributed by atoms with van der Waals surface area (Å²) in [5, 5.41) is 10.7. The highest BCUT2D eigenvalue weighted by molar-refractivity contribution is 7.47. The minimum absolute atomic E-state index is 0.108. The molecule has 0 saturated heterocycles. The standard InChI is InChI=1S/C86H168O17P2/c1-7-9-11-13-15-16-17-18-19-20-21-25-30-35-40-45-51-57-63-69-84(89)97-75-82(103-86(91)71-64-58-52-46-41-36-31-26-23-22-24-28-33-38-43-49-54-60-66-78(3)4)77-101-105(94,95)99-73-80(87)72-98-104(92,93)100-76-81(74-96-83(88)68-62-56-48-14-12-10-8-2)102-85(90)70-65-59-53-47-42-37-32-27-29-34-39-44-50-55-61-67-79(5)6/h78-82,87H,7-77H2,1-6H3,(H,92,93)(H,94,95)/t80-,81+,82+/m0/s1. The number of hydrogen-bond acceptors (Lipinski definition) is 15. The van der Waals surface area contributed by atoms with E-state index in [0.29, 0.717) is 25.7 Å². The Morgan fingerprint density at radius 2 is 0.438 bits per heavy atom. The fourth-order valence-electron chi connectivity index (χ4n) is 13.4. The number of carbonyl (C=O) groups excluding carboxylic acids is 4. The zero-order chi connectivity index (χ0) is 77.1. The van der Waals surface area contributed by atoms with E-state index in [1.165, 1.54) is 263 Å². The number of aliphatic hydroxyl groups is 1. The van der Waals surface area contributed by atoms with Gasteiger partial charge >= 0.3 is 39.5 Å². The SMILES string of the molecule is CCCCCCCCCCCCCCCCCCCCCC(=O)OC[C@H](COP(=O)(O)OC[C@@H](O)COP(=O)(O)OC[C@@H](COC(=O)CCCCCCCCC)OC(=O)CCCCCCCCCCCCCCCCCC(C)C)OC(=O)CCCCCCCCCCCCCCCCCCCCC(C)C. The number of ether oxygens (including phenoxy) is 4. The van der Waals surface area contributed by atoms with Gasteiger partial charge in [-0.1, -0.05) is 408 Å². The molecule has 0 aliphatic rings. The van der Waals surface area contributed by atoms with Crippen LogP contribution in [-0.2, 0) is 65.4 Å². The minimum atomic E-state index is -4.96. The Hall–Kier alpha value is -1.94. The molecule has 0 aromatic heterocycles. The quantitative estimate of drug-likeness (QED) is 0.0222. The van der Waals surface area contributed by atoms with E-state index in [2.05, 4.69) is 41.5 Å². The van der Waals surface area contributed by atoms with Crippen LogP contribution in [0.3, 0.4) is 0 Å². The van der Waals surface area contributed by atoms with Crippen molar-refractivity contribution >= 4 is 39.5 Å². The van der Waals surface area contributed by atoms with E-state index in [1.807, 2.05) is 0 Å². The molecular weight excluding hydrogens is 1370 g/mol. The zero-order valence-corrected chi connectivity index (χ0v) is 70.8. The Labute approximate surface area is 645 Å². The highest BCUT2D eigenvalue weighted by Gasteiger charge is 2.30. The van der Waals surface area contributed by atoms with E-state index in [4.69, 9.17) is 37.0 Å². The number of phosphoric ester groups is 2. The lowest BCUT2D eigenvalue weighted by molar-refractivity contribution is -0.161. The Morgan fingerprint density at radius 3 is 0.648 bits per heavy atom. The number of esters is 4. The van der Waals surface area contributed by atoms with Crippen LogP contribution in [0.15, 0.2) is 0 Å². The van der Waals surface area contributed by atoms with Gasteiger partial charge in [-0.15, -0.1) is 0 Å². The van der Waals surface area contributed by atoms with Crippen molar-refractivity contribution in [2.24, 2.45) is 11.8 Å². The molecule has 19 heteroatoms. The van der Waals surface area contributed by atoms with Crippen LogP contribution in [0, 0.1) is 11.8 Å². The molecule has 0 aromatic rings. The molecule has 0 aromatic carbocycles. The maximum atomic E-state index is 13.1. The number of unbranched alkanes of at least 4 members (excludes halogenated alkanes) is 55. The molecule has 2 unspecified atom stereocenters. The molecule has 0 aliphatic carbocycles. The summed E-state index contributed by atoms with van der Waals surface area (Å²) in [6.07, 6.45) is 69.7. The summed E-state index contributed by atoms with van der Waals surface area (Å²) in [5.41, 5.74) is 0. The summed E-state index contributed by atoms with van der Waals surface area (Å²) in [6.45, 7) is 9.69. The largest absolute Gasteiger partial charge is 0.472 e. The molecule has 0 bridgehead atoms.